The molecule has 16 heavy (non-hydrogen) atoms. The molecule has 1 amide bonds. The maximum atomic E-state index is 13.3. The van der Waals surface area contributed by atoms with Gasteiger partial charge in [0.1, 0.15) is 11.6 Å². The molecule has 1 aromatic rings. The lowest BCUT2D eigenvalue weighted by atomic mass is 10.3. The number of nitrogens with one attached hydrogen (secondary N) is 2. The Bertz CT molecular complexity index is 369. The van der Waals surface area contributed by atoms with Crippen LogP contribution in [0.25, 0.3) is 0 Å². The van der Waals surface area contributed by atoms with Gasteiger partial charge in [0.15, 0.2) is 0 Å². The summed E-state index contributed by atoms with van der Waals surface area (Å²) in [5, 5.41) is 5.31. The number of carbonyl (C=O) groups excluding carboxylic acids is 1. The molecule has 0 spiro atoms. The first-order valence-corrected chi connectivity index (χ1v) is 5.01. The van der Waals surface area contributed by atoms with Crippen molar-refractivity contribution in [3.05, 3.63) is 24.0 Å². The van der Waals surface area contributed by atoms with Gasteiger partial charge in [-0.2, -0.15) is 0 Å². The third-order valence-electron chi connectivity index (χ3n) is 1.98. The van der Waals surface area contributed by atoms with Crippen molar-refractivity contribution in [2.45, 2.75) is 6.92 Å². The van der Waals surface area contributed by atoms with E-state index in [9.17, 15) is 9.18 Å². The summed E-state index contributed by atoms with van der Waals surface area (Å²) in [6.07, 6.45) is 0. The van der Waals surface area contributed by atoms with Crippen LogP contribution >= 0.6 is 0 Å². The number of halogens is 1. The number of anilines is 1. The first-order valence-electron chi connectivity index (χ1n) is 5.01. The van der Waals surface area contributed by atoms with Crippen LogP contribution in [0.2, 0.25) is 0 Å². The molecule has 0 radical (unpaired) electrons. The lowest BCUT2D eigenvalue weighted by molar-refractivity contribution is -0.115. The number of hydrogen-bond acceptors (Lipinski definition) is 3. The number of likely N-dealkylation sites (N-methyl/N-ethyl adjacent to an activating group) is 1. The molecule has 0 bridgehead atoms. The van der Waals surface area contributed by atoms with E-state index in [1.807, 2.05) is 6.92 Å². The predicted molar refractivity (Wildman–Crippen MR) is 60.1 cm³/mol. The van der Waals surface area contributed by atoms with Crippen LogP contribution in [0.15, 0.2) is 18.2 Å². The number of carbonyl (C=O) groups is 1. The number of methoxy groups -OCH3 is 1. The fourth-order valence-corrected chi connectivity index (χ4v) is 1.16. The zero-order valence-electron chi connectivity index (χ0n) is 9.34. The van der Waals surface area contributed by atoms with Crippen LogP contribution in [-0.2, 0) is 4.79 Å². The first-order chi connectivity index (χ1) is 7.67. The van der Waals surface area contributed by atoms with E-state index < -0.39 is 5.82 Å². The molecule has 1 aromatic carbocycles. The smallest absolute Gasteiger partial charge is 0.238 e. The van der Waals surface area contributed by atoms with E-state index >= 15 is 0 Å². The average molecular weight is 226 g/mol. The molecule has 2 N–H and O–H groups in total. The topological polar surface area (TPSA) is 50.4 Å². The van der Waals surface area contributed by atoms with Gasteiger partial charge >= 0.3 is 0 Å². The summed E-state index contributed by atoms with van der Waals surface area (Å²) < 4.78 is 18.2. The second kappa shape index (κ2) is 6.07. The summed E-state index contributed by atoms with van der Waals surface area (Å²) in [6.45, 7) is 2.74. The van der Waals surface area contributed by atoms with Gasteiger partial charge in [0.2, 0.25) is 5.91 Å². The minimum absolute atomic E-state index is 0.127. The number of benzene rings is 1. The van der Waals surface area contributed by atoms with Crippen LogP contribution in [0.5, 0.6) is 5.75 Å². The zero-order chi connectivity index (χ0) is 12.0. The Hall–Kier alpha value is -1.62. The van der Waals surface area contributed by atoms with Crippen LogP contribution in [0.3, 0.4) is 0 Å². The molecule has 0 saturated carbocycles. The van der Waals surface area contributed by atoms with Crippen molar-refractivity contribution in [1.82, 2.24) is 5.32 Å². The Morgan fingerprint density at radius 3 is 2.88 bits per heavy atom. The van der Waals surface area contributed by atoms with Gasteiger partial charge in [-0.25, -0.2) is 4.39 Å². The maximum Gasteiger partial charge on any atom is 0.238 e. The van der Waals surface area contributed by atoms with Gasteiger partial charge in [-0.3, -0.25) is 4.79 Å². The van der Waals surface area contributed by atoms with Crippen LogP contribution < -0.4 is 15.4 Å². The van der Waals surface area contributed by atoms with Crippen LogP contribution in [-0.4, -0.2) is 26.1 Å². The Balaban J connectivity index is 2.68. The van der Waals surface area contributed by atoms with E-state index in [0.717, 1.165) is 0 Å². The SMILES string of the molecule is CCNCC(=O)Nc1cc(OC)ccc1F. The van der Waals surface area contributed by atoms with Gasteiger partial charge in [-0.15, -0.1) is 0 Å². The van der Waals surface area contributed by atoms with E-state index in [1.54, 1.807) is 0 Å². The summed E-state index contributed by atoms with van der Waals surface area (Å²) >= 11 is 0. The van der Waals surface area contributed by atoms with E-state index in [2.05, 4.69) is 10.6 Å². The van der Waals surface area contributed by atoms with E-state index in [0.29, 0.717) is 12.3 Å². The highest BCUT2D eigenvalue weighted by atomic mass is 19.1. The molecule has 88 valence electrons. The normalized spacial score (nSPS) is 9.94. The quantitative estimate of drug-likeness (QED) is 0.797. The molecular weight excluding hydrogens is 211 g/mol. The van der Waals surface area contributed by atoms with Crippen molar-refractivity contribution in [1.29, 1.82) is 0 Å². The van der Waals surface area contributed by atoms with Crippen molar-refractivity contribution >= 4 is 11.6 Å². The molecule has 0 fully saturated rings. The Morgan fingerprint density at radius 1 is 1.50 bits per heavy atom. The summed E-state index contributed by atoms with van der Waals surface area (Å²) in [5.74, 6) is -0.264. The molecule has 0 aliphatic rings. The van der Waals surface area contributed by atoms with Crippen molar-refractivity contribution < 1.29 is 13.9 Å². The highest BCUT2D eigenvalue weighted by molar-refractivity contribution is 5.92. The third-order valence-corrected chi connectivity index (χ3v) is 1.98. The summed E-state index contributed by atoms with van der Waals surface area (Å²) in [6, 6.07) is 4.19. The third kappa shape index (κ3) is 3.51. The predicted octanol–water partition coefficient (Wildman–Crippen LogP) is 1.38. The van der Waals surface area contributed by atoms with Gasteiger partial charge in [0.05, 0.1) is 19.3 Å². The Morgan fingerprint density at radius 2 is 2.25 bits per heavy atom. The fraction of sp³-hybridized carbons (Fsp3) is 0.364. The highest BCUT2D eigenvalue weighted by Gasteiger charge is 2.07. The van der Waals surface area contributed by atoms with Crippen LogP contribution in [0, 0.1) is 5.82 Å². The zero-order valence-corrected chi connectivity index (χ0v) is 9.34. The lowest BCUT2D eigenvalue weighted by Gasteiger charge is -2.08. The largest absolute Gasteiger partial charge is 0.497 e. The molecule has 1 rings (SSSR count). The molecule has 0 unspecified atom stereocenters. The summed E-state index contributed by atoms with van der Waals surface area (Å²) in [5.41, 5.74) is 0.127. The van der Waals surface area contributed by atoms with E-state index in [1.165, 1.54) is 25.3 Å². The van der Waals surface area contributed by atoms with Gasteiger partial charge in [0.25, 0.3) is 0 Å². The fourth-order valence-electron chi connectivity index (χ4n) is 1.16. The first kappa shape index (κ1) is 12.4. The molecule has 0 heterocycles. The van der Waals surface area contributed by atoms with Crippen molar-refractivity contribution in [2.75, 3.05) is 25.5 Å². The monoisotopic (exact) mass is 226 g/mol. The highest BCUT2D eigenvalue weighted by Crippen LogP contribution is 2.20. The van der Waals surface area contributed by atoms with E-state index in [4.69, 9.17) is 4.74 Å². The number of hydrogen-bond donors (Lipinski definition) is 2. The van der Waals surface area contributed by atoms with Gasteiger partial charge in [-0.05, 0) is 18.7 Å². The molecule has 0 aliphatic carbocycles. The molecule has 0 atom stereocenters. The second-order valence-electron chi connectivity index (χ2n) is 3.17. The standard InChI is InChI=1S/C11H15FN2O2/c1-3-13-7-11(15)14-10-6-8(16-2)4-5-9(10)12/h4-6,13H,3,7H2,1-2H3,(H,14,15). The molecule has 4 nitrogen and oxygen atoms in total. The van der Waals surface area contributed by atoms with Gasteiger partial charge in [-0.1, -0.05) is 6.92 Å². The molecule has 5 heteroatoms. The maximum absolute atomic E-state index is 13.3. The molecule has 0 saturated heterocycles. The minimum atomic E-state index is -0.481. The number of amides is 1. The van der Waals surface area contributed by atoms with Gasteiger partial charge in [0, 0.05) is 6.07 Å². The van der Waals surface area contributed by atoms with E-state index in [-0.39, 0.29) is 18.1 Å². The van der Waals surface area contributed by atoms with Gasteiger partial charge < -0.3 is 15.4 Å². The molecule has 0 aliphatic heterocycles. The molecular formula is C11H15FN2O2. The lowest BCUT2D eigenvalue weighted by Crippen LogP contribution is -2.28. The number of rotatable bonds is 5. The van der Waals surface area contributed by atoms with Crippen molar-refractivity contribution in [3.8, 4) is 5.75 Å². The second-order valence-corrected chi connectivity index (χ2v) is 3.17. The van der Waals surface area contributed by atoms with Crippen LogP contribution in [0.4, 0.5) is 10.1 Å². The average Bonchev–Trinajstić information content (AvgIpc) is 2.29. The Kier molecular flexibility index (Phi) is 4.72. The van der Waals surface area contributed by atoms with Crippen molar-refractivity contribution in [3.63, 3.8) is 0 Å². The van der Waals surface area contributed by atoms with Crippen LogP contribution in [0.1, 0.15) is 6.92 Å². The van der Waals surface area contributed by atoms with Crippen molar-refractivity contribution in [2.24, 2.45) is 0 Å². The number of ether oxygens (including phenoxy) is 1. The minimum Gasteiger partial charge on any atom is -0.497 e. The summed E-state index contributed by atoms with van der Waals surface area (Å²) in [4.78, 5) is 11.3. The molecule has 0 aromatic heterocycles. The Labute approximate surface area is 93.8 Å². The summed E-state index contributed by atoms with van der Waals surface area (Å²) in [7, 11) is 1.48.